The smallest absolute Gasteiger partial charge is 0.237 e. The van der Waals surface area contributed by atoms with Crippen LogP contribution in [0.3, 0.4) is 0 Å². The Labute approximate surface area is 105 Å². The third-order valence-corrected chi connectivity index (χ3v) is 3.26. The Balaban J connectivity index is 2.28. The van der Waals surface area contributed by atoms with Crippen LogP contribution >= 0.6 is 0 Å². The van der Waals surface area contributed by atoms with Crippen molar-refractivity contribution in [1.82, 2.24) is 10.6 Å². The number of allylic oxidation sites excluding steroid dienone is 1. The van der Waals surface area contributed by atoms with Gasteiger partial charge in [-0.05, 0) is 39.5 Å². The monoisotopic (exact) mass is 238 g/mol. The Bertz CT molecular complexity index is 263. The normalized spacial score (nSPS) is 23.1. The Hall–Kier alpha value is -0.830. The highest BCUT2D eigenvalue weighted by Crippen LogP contribution is 2.11. The minimum Gasteiger partial charge on any atom is -0.352 e. The number of carbonyl (C=O) groups is 1. The molecule has 3 nitrogen and oxygen atoms in total. The molecular weight excluding hydrogens is 212 g/mol. The Morgan fingerprint density at radius 1 is 1.41 bits per heavy atom. The predicted octanol–water partition coefficient (Wildman–Crippen LogP) is 2.38. The van der Waals surface area contributed by atoms with E-state index in [1.54, 1.807) is 0 Å². The highest BCUT2D eigenvalue weighted by molar-refractivity contribution is 5.81. The van der Waals surface area contributed by atoms with Crippen molar-refractivity contribution in [3.05, 3.63) is 12.2 Å². The van der Waals surface area contributed by atoms with E-state index in [1.165, 1.54) is 0 Å². The van der Waals surface area contributed by atoms with Gasteiger partial charge in [0.2, 0.25) is 5.91 Å². The van der Waals surface area contributed by atoms with Crippen molar-refractivity contribution < 1.29 is 4.79 Å². The molecule has 0 aromatic heterocycles. The van der Waals surface area contributed by atoms with E-state index in [2.05, 4.69) is 36.6 Å². The van der Waals surface area contributed by atoms with Crippen LogP contribution in [-0.4, -0.2) is 24.0 Å². The van der Waals surface area contributed by atoms with Crippen molar-refractivity contribution in [2.24, 2.45) is 0 Å². The molecule has 1 rings (SSSR count). The van der Waals surface area contributed by atoms with Crippen LogP contribution < -0.4 is 10.6 Å². The van der Waals surface area contributed by atoms with Crippen molar-refractivity contribution in [3.8, 4) is 0 Å². The minimum absolute atomic E-state index is 0.0918. The van der Waals surface area contributed by atoms with Crippen molar-refractivity contribution in [2.45, 2.75) is 71.0 Å². The quantitative estimate of drug-likeness (QED) is 0.698. The molecule has 3 unspecified atom stereocenters. The zero-order valence-electron chi connectivity index (χ0n) is 11.3. The second-order valence-corrected chi connectivity index (χ2v) is 5.07. The van der Waals surface area contributed by atoms with Gasteiger partial charge in [0.1, 0.15) is 0 Å². The van der Waals surface area contributed by atoms with Crippen LogP contribution in [0.4, 0.5) is 0 Å². The van der Waals surface area contributed by atoms with Gasteiger partial charge in [0.25, 0.3) is 0 Å². The summed E-state index contributed by atoms with van der Waals surface area (Å²) in [4.78, 5) is 11.9. The molecule has 0 saturated carbocycles. The van der Waals surface area contributed by atoms with E-state index in [0.717, 1.165) is 32.1 Å². The van der Waals surface area contributed by atoms with Crippen LogP contribution in [-0.2, 0) is 4.79 Å². The van der Waals surface area contributed by atoms with E-state index < -0.39 is 0 Å². The summed E-state index contributed by atoms with van der Waals surface area (Å²) >= 11 is 0. The molecule has 0 aliphatic heterocycles. The van der Waals surface area contributed by atoms with Gasteiger partial charge in [-0.3, -0.25) is 4.79 Å². The maximum Gasteiger partial charge on any atom is 0.237 e. The average molecular weight is 238 g/mol. The molecule has 2 N–H and O–H groups in total. The summed E-state index contributed by atoms with van der Waals surface area (Å²) < 4.78 is 0. The molecule has 0 aromatic carbocycles. The second-order valence-electron chi connectivity index (χ2n) is 5.07. The molecular formula is C14H26N2O. The van der Waals surface area contributed by atoms with Crippen molar-refractivity contribution in [3.63, 3.8) is 0 Å². The van der Waals surface area contributed by atoms with Crippen molar-refractivity contribution in [2.75, 3.05) is 0 Å². The fourth-order valence-electron chi connectivity index (χ4n) is 2.25. The number of rotatable bonds is 6. The second kappa shape index (κ2) is 7.49. The summed E-state index contributed by atoms with van der Waals surface area (Å²) in [6.45, 7) is 6.16. The first kappa shape index (κ1) is 14.2. The topological polar surface area (TPSA) is 41.1 Å². The van der Waals surface area contributed by atoms with Crippen LogP contribution in [0.15, 0.2) is 12.2 Å². The summed E-state index contributed by atoms with van der Waals surface area (Å²) in [7, 11) is 0. The lowest BCUT2D eigenvalue weighted by atomic mass is 10.0. The molecule has 0 bridgehead atoms. The van der Waals surface area contributed by atoms with Gasteiger partial charge >= 0.3 is 0 Å². The summed E-state index contributed by atoms with van der Waals surface area (Å²) in [5.74, 6) is 0.125. The summed E-state index contributed by atoms with van der Waals surface area (Å²) in [6.07, 6.45) is 9.87. The third-order valence-electron chi connectivity index (χ3n) is 3.26. The van der Waals surface area contributed by atoms with Crippen LogP contribution in [0.5, 0.6) is 0 Å². The van der Waals surface area contributed by atoms with Crippen LogP contribution in [0.25, 0.3) is 0 Å². The minimum atomic E-state index is -0.0918. The lowest BCUT2D eigenvalue weighted by molar-refractivity contribution is -0.123. The number of amides is 1. The highest BCUT2D eigenvalue weighted by atomic mass is 16.2. The zero-order valence-corrected chi connectivity index (χ0v) is 11.3. The molecule has 1 aliphatic carbocycles. The third kappa shape index (κ3) is 5.35. The van der Waals surface area contributed by atoms with Gasteiger partial charge in [0, 0.05) is 12.1 Å². The maximum atomic E-state index is 11.9. The molecule has 0 heterocycles. The van der Waals surface area contributed by atoms with Crippen LogP contribution in [0.1, 0.15) is 52.9 Å². The Morgan fingerprint density at radius 3 is 2.76 bits per heavy atom. The summed E-state index contributed by atoms with van der Waals surface area (Å²) in [5.41, 5.74) is 0. The number of nitrogens with one attached hydrogen (secondary N) is 2. The molecule has 1 aliphatic rings. The van der Waals surface area contributed by atoms with E-state index in [0.29, 0.717) is 6.04 Å². The largest absolute Gasteiger partial charge is 0.352 e. The average Bonchev–Trinajstić information content (AvgIpc) is 2.30. The SMILES string of the molecule is CCCC(C)NC(=O)C(C)NC1CC=CCC1. The first-order valence-electron chi connectivity index (χ1n) is 6.85. The van der Waals surface area contributed by atoms with E-state index in [-0.39, 0.29) is 18.0 Å². The predicted molar refractivity (Wildman–Crippen MR) is 71.9 cm³/mol. The first-order valence-corrected chi connectivity index (χ1v) is 6.85. The van der Waals surface area contributed by atoms with Crippen LogP contribution in [0, 0.1) is 0 Å². The lowest BCUT2D eigenvalue weighted by Gasteiger charge is -2.24. The molecule has 0 aromatic rings. The van der Waals surface area contributed by atoms with Gasteiger partial charge in [0.15, 0.2) is 0 Å². The standard InChI is InChI=1S/C14H26N2O/c1-4-8-11(2)15-14(17)12(3)16-13-9-6-5-7-10-13/h5-6,11-13,16H,4,7-10H2,1-3H3,(H,15,17). The molecule has 3 atom stereocenters. The van der Waals surface area contributed by atoms with Gasteiger partial charge < -0.3 is 10.6 Å². The van der Waals surface area contributed by atoms with E-state index in [9.17, 15) is 4.79 Å². The van der Waals surface area contributed by atoms with Gasteiger partial charge in [-0.2, -0.15) is 0 Å². The molecule has 0 fully saturated rings. The zero-order chi connectivity index (χ0) is 12.7. The molecule has 1 amide bonds. The van der Waals surface area contributed by atoms with Crippen molar-refractivity contribution >= 4 is 5.91 Å². The fourth-order valence-corrected chi connectivity index (χ4v) is 2.25. The Kier molecular flexibility index (Phi) is 6.27. The summed E-state index contributed by atoms with van der Waals surface area (Å²) in [5, 5.41) is 6.45. The van der Waals surface area contributed by atoms with Gasteiger partial charge in [-0.15, -0.1) is 0 Å². The first-order chi connectivity index (χ1) is 8.13. The van der Waals surface area contributed by atoms with Gasteiger partial charge in [0.05, 0.1) is 6.04 Å². The highest BCUT2D eigenvalue weighted by Gasteiger charge is 2.18. The van der Waals surface area contributed by atoms with E-state index in [1.807, 2.05) is 6.92 Å². The molecule has 0 radical (unpaired) electrons. The molecule has 0 spiro atoms. The molecule has 17 heavy (non-hydrogen) atoms. The molecule has 3 heteroatoms. The Morgan fingerprint density at radius 2 is 2.18 bits per heavy atom. The fraction of sp³-hybridized carbons (Fsp3) is 0.786. The maximum absolute atomic E-state index is 11.9. The molecule has 98 valence electrons. The van der Waals surface area contributed by atoms with Gasteiger partial charge in [-0.1, -0.05) is 25.5 Å². The number of hydrogen-bond acceptors (Lipinski definition) is 2. The summed E-state index contributed by atoms with van der Waals surface area (Å²) in [6, 6.07) is 0.649. The number of hydrogen-bond donors (Lipinski definition) is 2. The van der Waals surface area contributed by atoms with Crippen molar-refractivity contribution in [1.29, 1.82) is 0 Å². The van der Waals surface area contributed by atoms with E-state index in [4.69, 9.17) is 0 Å². The number of carbonyl (C=O) groups excluding carboxylic acids is 1. The lowest BCUT2D eigenvalue weighted by Crippen LogP contribution is -2.48. The molecule has 0 saturated heterocycles. The van der Waals surface area contributed by atoms with Crippen LogP contribution in [0.2, 0.25) is 0 Å². The van der Waals surface area contributed by atoms with Gasteiger partial charge in [-0.25, -0.2) is 0 Å². The van der Waals surface area contributed by atoms with E-state index >= 15 is 0 Å².